The van der Waals surface area contributed by atoms with E-state index in [9.17, 15) is 9.59 Å². The van der Waals surface area contributed by atoms with Gasteiger partial charge >= 0.3 is 5.97 Å². The largest absolute Gasteiger partial charge is 0.466 e. The molecular weight excluding hydrogens is 248 g/mol. The van der Waals surface area contributed by atoms with Crippen molar-refractivity contribution in [2.45, 2.75) is 19.8 Å². The SMILES string of the molecule is CCOC(=O)C1CCN(C(=O)c2cn[nH]c2N)CC1. The van der Waals surface area contributed by atoms with Crippen molar-refractivity contribution in [2.75, 3.05) is 25.4 Å². The van der Waals surface area contributed by atoms with Gasteiger partial charge in [-0.25, -0.2) is 0 Å². The van der Waals surface area contributed by atoms with Gasteiger partial charge in [0.15, 0.2) is 0 Å². The van der Waals surface area contributed by atoms with Crippen molar-refractivity contribution in [1.82, 2.24) is 15.1 Å². The number of nitrogens with two attached hydrogens (primary N) is 1. The van der Waals surface area contributed by atoms with Crippen molar-refractivity contribution in [3.8, 4) is 0 Å². The van der Waals surface area contributed by atoms with Crippen molar-refractivity contribution >= 4 is 17.7 Å². The number of likely N-dealkylation sites (tertiary alicyclic amines) is 1. The van der Waals surface area contributed by atoms with Crippen LogP contribution in [0.3, 0.4) is 0 Å². The number of amides is 1. The molecule has 7 heteroatoms. The van der Waals surface area contributed by atoms with Crippen LogP contribution in [0, 0.1) is 5.92 Å². The van der Waals surface area contributed by atoms with Gasteiger partial charge < -0.3 is 15.4 Å². The molecule has 1 amide bonds. The lowest BCUT2D eigenvalue weighted by Gasteiger charge is -2.30. The zero-order chi connectivity index (χ0) is 13.8. The highest BCUT2D eigenvalue weighted by molar-refractivity contribution is 5.98. The second-order valence-corrected chi connectivity index (χ2v) is 4.52. The standard InChI is InChI=1S/C12H18N4O3/c1-2-19-12(18)8-3-5-16(6-4-8)11(17)9-7-14-15-10(9)13/h7-8H,2-6H2,1H3,(H3,13,14,15). The van der Waals surface area contributed by atoms with Crippen LogP contribution in [0.5, 0.6) is 0 Å². The summed E-state index contributed by atoms with van der Waals surface area (Å²) in [5, 5.41) is 6.27. The lowest BCUT2D eigenvalue weighted by Crippen LogP contribution is -2.40. The molecule has 0 aliphatic carbocycles. The number of nitrogens with zero attached hydrogens (tertiary/aromatic N) is 2. The van der Waals surface area contributed by atoms with Crippen molar-refractivity contribution in [3.05, 3.63) is 11.8 Å². The number of carbonyl (C=O) groups excluding carboxylic acids is 2. The molecule has 1 aliphatic heterocycles. The number of H-pyrrole nitrogens is 1. The molecule has 1 aliphatic rings. The van der Waals surface area contributed by atoms with Gasteiger partial charge in [-0.3, -0.25) is 14.7 Å². The molecule has 104 valence electrons. The predicted molar refractivity (Wildman–Crippen MR) is 68.3 cm³/mol. The molecular formula is C12H18N4O3. The maximum Gasteiger partial charge on any atom is 0.309 e. The molecule has 0 saturated carbocycles. The number of aromatic nitrogens is 2. The number of rotatable bonds is 3. The Hall–Kier alpha value is -2.05. The molecule has 3 N–H and O–H groups in total. The molecule has 0 spiro atoms. The lowest BCUT2D eigenvalue weighted by atomic mass is 9.96. The fraction of sp³-hybridized carbons (Fsp3) is 0.583. The summed E-state index contributed by atoms with van der Waals surface area (Å²) in [5.74, 6) is -0.144. The minimum Gasteiger partial charge on any atom is -0.466 e. The Morgan fingerprint density at radius 3 is 2.74 bits per heavy atom. The highest BCUT2D eigenvalue weighted by atomic mass is 16.5. The normalized spacial score (nSPS) is 16.4. The lowest BCUT2D eigenvalue weighted by molar-refractivity contribution is -0.149. The van der Waals surface area contributed by atoms with Gasteiger partial charge in [0.05, 0.1) is 18.7 Å². The van der Waals surface area contributed by atoms with Gasteiger partial charge in [0.1, 0.15) is 11.4 Å². The summed E-state index contributed by atoms with van der Waals surface area (Å²) in [6.45, 7) is 3.25. The smallest absolute Gasteiger partial charge is 0.309 e. The second kappa shape index (κ2) is 5.73. The highest BCUT2D eigenvalue weighted by Crippen LogP contribution is 2.21. The Morgan fingerprint density at radius 1 is 1.53 bits per heavy atom. The molecule has 0 radical (unpaired) electrons. The minimum absolute atomic E-state index is 0.106. The van der Waals surface area contributed by atoms with Crippen LogP contribution >= 0.6 is 0 Å². The van der Waals surface area contributed by atoms with Gasteiger partial charge in [-0.05, 0) is 19.8 Å². The Labute approximate surface area is 111 Å². The zero-order valence-corrected chi connectivity index (χ0v) is 10.9. The predicted octanol–water partition coefficient (Wildman–Crippen LogP) is 0.407. The number of nitrogen functional groups attached to an aromatic ring is 1. The fourth-order valence-electron chi connectivity index (χ4n) is 2.22. The van der Waals surface area contributed by atoms with E-state index in [-0.39, 0.29) is 23.6 Å². The molecule has 0 aromatic carbocycles. The van der Waals surface area contributed by atoms with E-state index in [0.29, 0.717) is 38.1 Å². The van der Waals surface area contributed by atoms with E-state index in [4.69, 9.17) is 10.5 Å². The molecule has 1 aromatic rings. The van der Waals surface area contributed by atoms with E-state index in [2.05, 4.69) is 10.2 Å². The average molecular weight is 266 g/mol. The Bertz CT molecular complexity index is 463. The highest BCUT2D eigenvalue weighted by Gasteiger charge is 2.29. The van der Waals surface area contributed by atoms with E-state index in [1.807, 2.05) is 0 Å². The van der Waals surface area contributed by atoms with Crippen LogP contribution in [0.15, 0.2) is 6.20 Å². The van der Waals surface area contributed by atoms with E-state index in [0.717, 1.165) is 0 Å². The van der Waals surface area contributed by atoms with Gasteiger partial charge in [0, 0.05) is 13.1 Å². The maximum atomic E-state index is 12.2. The first-order valence-electron chi connectivity index (χ1n) is 6.38. The van der Waals surface area contributed by atoms with Crippen LogP contribution in [0.1, 0.15) is 30.1 Å². The van der Waals surface area contributed by atoms with Gasteiger partial charge in [-0.2, -0.15) is 5.10 Å². The molecule has 2 heterocycles. The number of aromatic amines is 1. The quantitative estimate of drug-likeness (QED) is 0.771. The van der Waals surface area contributed by atoms with Gasteiger partial charge in [0.25, 0.3) is 5.91 Å². The molecule has 0 atom stereocenters. The Kier molecular flexibility index (Phi) is 4.03. The number of esters is 1. The number of hydrogen-bond donors (Lipinski definition) is 2. The molecule has 0 unspecified atom stereocenters. The second-order valence-electron chi connectivity index (χ2n) is 4.52. The summed E-state index contributed by atoms with van der Waals surface area (Å²) in [7, 11) is 0. The van der Waals surface area contributed by atoms with Crippen LogP contribution in [-0.4, -0.2) is 46.7 Å². The molecule has 1 fully saturated rings. The van der Waals surface area contributed by atoms with Crippen LogP contribution in [0.4, 0.5) is 5.82 Å². The van der Waals surface area contributed by atoms with Crippen LogP contribution in [0.2, 0.25) is 0 Å². The van der Waals surface area contributed by atoms with Crippen molar-refractivity contribution in [2.24, 2.45) is 5.92 Å². The zero-order valence-electron chi connectivity index (χ0n) is 10.9. The van der Waals surface area contributed by atoms with Crippen molar-refractivity contribution in [1.29, 1.82) is 0 Å². The average Bonchev–Trinajstić information content (AvgIpc) is 2.84. The first-order chi connectivity index (χ1) is 9.13. The van der Waals surface area contributed by atoms with Gasteiger partial charge in [-0.1, -0.05) is 0 Å². The minimum atomic E-state index is -0.169. The van der Waals surface area contributed by atoms with Crippen LogP contribution in [-0.2, 0) is 9.53 Å². The topological polar surface area (TPSA) is 101 Å². The summed E-state index contributed by atoms with van der Waals surface area (Å²) >= 11 is 0. The van der Waals surface area contributed by atoms with Crippen LogP contribution in [0.25, 0.3) is 0 Å². The van der Waals surface area contributed by atoms with E-state index in [1.165, 1.54) is 6.20 Å². The van der Waals surface area contributed by atoms with E-state index in [1.54, 1.807) is 11.8 Å². The molecule has 0 bridgehead atoms. The third-order valence-corrected chi connectivity index (χ3v) is 3.30. The number of nitrogens with one attached hydrogen (secondary N) is 1. The first-order valence-corrected chi connectivity index (χ1v) is 6.38. The first kappa shape index (κ1) is 13.4. The third-order valence-electron chi connectivity index (χ3n) is 3.30. The number of anilines is 1. The van der Waals surface area contributed by atoms with Crippen molar-refractivity contribution < 1.29 is 14.3 Å². The molecule has 1 aromatic heterocycles. The Morgan fingerprint density at radius 2 is 2.21 bits per heavy atom. The molecule has 19 heavy (non-hydrogen) atoms. The summed E-state index contributed by atoms with van der Waals surface area (Å²) in [5.41, 5.74) is 6.01. The number of piperidine rings is 1. The molecule has 2 rings (SSSR count). The molecule has 7 nitrogen and oxygen atoms in total. The summed E-state index contributed by atoms with van der Waals surface area (Å²) in [6.07, 6.45) is 2.68. The Balaban J connectivity index is 1.92. The van der Waals surface area contributed by atoms with Crippen molar-refractivity contribution in [3.63, 3.8) is 0 Å². The summed E-state index contributed by atoms with van der Waals surface area (Å²) in [6, 6.07) is 0. The fourth-order valence-corrected chi connectivity index (χ4v) is 2.22. The molecule has 1 saturated heterocycles. The summed E-state index contributed by atoms with van der Waals surface area (Å²) < 4.78 is 4.99. The van der Waals surface area contributed by atoms with Gasteiger partial charge in [-0.15, -0.1) is 0 Å². The number of hydrogen-bond acceptors (Lipinski definition) is 5. The van der Waals surface area contributed by atoms with E-state index >= 15 is 0 Å². The number of ether oxygens (including phenoxy) is 1. The van der Waals surface area contributed by atoms with E-state index < -0.39 is 0 Å². The van der Waals surface area contributed by atoms with Crippen LogP contribution < -0.4 is 5.73 Å². The van der Waals surface area contributed by atoms with Gasteiger partial charge in [0.2, 0.25) is 0 Å². The monoisotopic (exact) mass is 266 g/mol. The summed E-state index contributed by atoms with van der Waals surface area (Å²) in [4.78, 5) is 25.4. The number of carbonyl (C=O) groups is 2. The maximum absolute atomic E-state index is 12.2. The third kappa shape index (κ3) is 2.86.